The van der Waals surface area contributed by atoms with Gasteiger partial charge in [0, 0.05) is 12.3 Å². The summed E-state index contributed by atoms with van der Waals surface area (Å²) in [6.07, 6.45) is 7.21. The lowest BCUT2D eigenvalue weighted by molar-refractivity contribution is -0.155. The van der Waals surface area contributed by atoms with E-state index in [0.29, 0.717) is 17.6 Å². The van der Waals surface area contributed by atoms with Gasteiger partial charge in [0.15, 0.2) is 0 Å². The molecule has 0 saturated heterocycles. The molecule has 5 rings (SSSR count). The first-order valence-corrected chi connectivity index (χ1v) is 6.07. The highest BCUT2D eigenvalue weighted by molar-refractivity contribution is 5.85. The molecule has 4 fully saturated rings. The summed E-state index contributed by atoms with van der Waals surface area (Å²) in [4.78, 5) is 12.0. The average Bonchev–Trinajstić information content (AvgIpc) is 2.65. The molecule has 5 aliphatic carbocycles. The van der Waals surface area contributed by atoms with Crippen molar-refractivity contribution in [1.82, 2.24) is 0 Å². The molecule has 0 aromatic rings. The fourth-order valence-corrected chi connectivity index (χ4v) is 5.98. The van der Waals surface area contributed by atoms with Crippen LogP contribution in [0.5, 0.6) is 0 Å². The molecule has 0 radical (unpaired) electrons. The van der Waals surface area contributed by atoms with E-state index in [-0.39, 0.29) is 0 Å². The lowest BCUT2D eigenvalue weighted by atomic mass is 9.42. The monoisotopic (exact) mass is 186 g/mol. The fourth-order valence-electron chi connectivity index (χ4n) is 5.98. The molecule has 0 N–H and O–H groups in total. The minimum atomic E-state index is 0.468. The molecule has 1 heteroatoms. The summed E-state index contributed by atoms with van der Waals surface area (Å²) in [6, 6.07) is 0. The normalized spacial score (nSPS) is 70.1. The van der Waals surface area contributed by atoms with Crippen molar-refractivity contribution in [2.24, 2.45) is 47.3 Å². The third-order valence-electron chi connectivity index (χ3n) is 6.15. The highest BCUT2D eigenvalue weighted by Gasteiger charge is 2.72. The lowest BCUT2D eigenvalue weighted by Gasteiger charge is -2.62. The van der Waals surface area contributed by atoms with Gasteiger partial charge in [0.2, 0.25) is 0 Å². The standard InChI is InChI=1S/C13H14O/c14-10-4-8-6-2-1-5-7-3-9(11(5)10)13(8)12(6)7/h1-2,5-9,11-13H,3-4H2/t5-,6+,7-,8+,9+,11+,12+,13-/m1/s1. The summed E-state index contributed by atoms with van der Waals surface area (Å²) in [5.74, 6) is 7.09. The summed E-state index contributed by atoms with van der Waals surface area (Å²) in [6.45, 7) is 0. The molecule has 1 nitrogen and oxygen atoms in total. The van der Waals surface area contributed by atoms with Gasteiger partial charge in [-0.25, -0.2) is 0 Å². The number of carbonyl (C=O) groups excluding carboxylic acids is 1. The molecule has 8 atom stereocenters. The third-order valence-corrected chi connectivity index (χ3v) is 6.15. The summed E-state index contributed by atoms with van der Waals surface area (Å²) in [7, 11) is 0. The molecule has 2 bridgehead atoms. The Balaban J connectivity index is 1.82. The molecular weight excluding hydrogens is 172 g/mol. The molecular formula is C13H14O. The van der Waals surface area contributed by atoms with Gasteiger partial charge in [0.1, 0.15) is 5.78 Å². The second kappa shape index (κ2) is 1.75. The Kier molecular flexibility index (Phi) is 0.850. The van der Waals surface area contributed by atoms with Crippen LogP contribution in [0.2, 0.25) is 0 Å². The Morgan fingerprint density at radius 2 is 1.86 bits per heavy atom. The van der Waals surface area contributed by atoms with Crippen molar-refractivity contribution in [2.75, 3.05) is 0 Å². The Hall–Kier alpha value is -0.590. The van der Waals surface area contributed by atoms with E-state index < -0.39 is 0 Å². The van der Waals surface area contributed by atoms with Gasteiger partial charge in [-0.05, 0) is 47.8 Å². The van der Waals surface area contributed by atoms with E-state index in [4.69, 9.17) is 0 Å². The van der Waals surface area contributed by atoms with Gasteiger partial charge in [-0.1, -0.05) is 12.2 Å². The molecule has 0 unspecified atom stereocenters. The van der Waals surface area contributed by atoms with Crippen molar-refractivity contribution in [1.29, 1.82) is 0 Å². The molecule has 4 saturated carbocycles. The summed E-state index contributed by atoms with van der Waals surface area (Å²) < 4.78 is 0. The second-order valence-corrected chi connectivity index (χ2v) is 6.12. The maximum atomic E-state index is 12.0. The van der Waals surface area contributed by atoms with E-state index in [0.717, 1.165) is 41.9 Å². The van der Waals surface area contributed by atoms with Gasteiger partial charge in [0.25, 0.3) is 0 Å². The van der Waals surface area contributed by atoms with Gasteiger partial charge in [-0.15, -0.1) is 0 Å². The molecule has 14 heavy (non-hydrogen) atoms. The highest BCUT2D eigenvalue weighted by Crippen LogP contribution is 2.75. The molecule has 0 heterocycles. The van der Waals surface area contributed by atoms with Crippen LogP contribution in [0.25, 0.3) is 0 Å². The molecule has 0 amide bonds. The largest absolute Gasteiger partial charge is 0.299 e. The number of allylic oxidation sites excluding steroid dienone is 2. The number of rotatable bonds is 0. The van der Waals surface area contributed by atoms with Crippen LogP contribution in [0.15, 0.2) is 12.2 Å². The van der Waals surface area contributed by atoms with Gasteiger partial charge in [0.05, 0.1) is 0 Å². The van der Waals surface area contributed by atoms with Gasteiger partial charge >= 0.3 is 0 Å². The summed E-state index contributed by atoms with van der Waals surface area (Å²) in [5, 5.41) is 0. The Labute approximate surface area is 83.6 Å². The van der Waals surface area contributed by atoms with Gasteiger partial charge in [-0.2, -0.15) is 0 Å². The minimum Gasteiger partial charge on any atom is -0.299 e. The molecule has 5 aliphatic rings. The number of hydrogen-bond donors (Lipinski definition) is 0. The van der Waals surface area contributed by atoms with Crippen LogP contribution in [-0.4, -0.2) is 5.78 Å². The van der Waals surface area contributed by atoms with Crippen molar-refractivity contribution in [2.45, 2.75) is 12.8 Å². The molecule has 0 spiro atoms. The van der Waals surface area contributed by atoms with Gasteiger partial charge in [-0.3, -0.25) is 4.79 Å². The van der Waals surface area contributed by atoms with E-state index in [2.05, 4.69) is 12.2 Å². The molecule has 0 aromatic heterocycles. The van der Waals surface area contributed by atoms with Crippen LogP contribution in [-0.2, 0) is 4.79 Å². The number of ketones is 1. The third kappa shape index (κ3) is 0.450. The van der Waals surface area contributed by atoms with Crippen molar-refractivity contribution < 1.29 is 4.79 Å². The molecule has 0 aromatic carbocycles. The SMILES string of the molecule is O=C1C[C@H]2[C@@H]3C=C[C@@H]4[C@H]5C[C@@H]([C@@H]14)[C@@H]2[C@@H]35. The smallest absolute Gasteiger partial charge is 0.137 e. The van der Waals surface area contributed by atoms with Crippen LogP contribution in [0.3, 0.4) is 0 Å². The first-order valence-electron chi connectivity index (χ1n) is 6.07. The molecule has 72 valence electrons. The zero-order valence-corrected chi connectivity index (χ0v) is 8.10. The predicted octanol–water partition coefficient (Wildman–Crippen LogP) is 1.89. The quantitative estimate of drug-likeness (QED) is 0.528. The topological polar surface area (TPSA) is 17.1 Å². The Morgan fingerprint density at radius 3 is 2.79 bits per heavy atom. The van der Waals surface area contributed by atoms with E-state index >= 15 is 0 Å². The fraction of sp³-hybridized carbons (Fsp3) is 0.769. The van der Waals surface area contributed by atoms with E-state index in [9.17, 15) is 4.79 Å². The number of fused-ring (bicyclic) bond motifs is 2. The maximum Gasteiger partial charge on any atom is 0.137 e. The average molecular weight is 186 g/mol. The zero-order chi connectivity index (χ0) is 9.02. The zero-order valence-electron chi connectivity index (χ0n) is 8.10. The number of hydrogen-bond acceptors (Lipinski definition) is 1. The van der Waals surface area contributed by atoms with Crippen LogP contribution in [0.1, 0.15) is 12.8 Å². The van der Waals surface area contributed by atoms with Crippen LogP contribution >= 0.6 is 0 Å². The summed E-state index contributed by atoms with van der Waals surface area (Å²) in [5.41, 5.74) is 0. The predicted molar refractivity (Wildman–Crippen MR) is 51.3 cm³/mol. The maximum absolute atomic E-state index is 12.0. The minimum absolute atomic E-state index is 0.468. The van der Waals surface area contributed by atoms with Crippen molar-refractivity contribution >= 4 is 5.78 Å². The first kappa shape index (κ1) is 6.81. The Morgan fingerprint density at radius 1 is 1.00 bits per heavy atom. The van der Waals surface area contributed by atoms with E-state index in [1.54, 1.807) is 0 Å². The number of Topliss-reactive ketones (excluding diaryl/α,β-unsaturated/α-hetero) is 1. The van der Waals surface area contributed by atoms with E-state index in [1.165, 1.54) is 6.42 Å². The molecule has 0 aliphatic heterocycles. The lowest BCUT2D eigenvalue weighted by Crippen LogP contribution is -2.60. The first-order chi connectivity index (χ1) is 6.86. The van der Waals surface area contributed by atoms with Crippen LogP contribution < -0.4 is 0 Å². The number of carbonyl (C=O) groups is 1. The van der Waals surface area contributed by atoms with E-state index in [1.807, 2.05) is 0 Å². The Bertz CT molecular complexity index is 383. The van der Waals surface area contributed by atoms with Gasteiger partial charge < -0.3 is 0 Å². The van der Waals surface area contributed by atoms with Crippen molar-refractivity contribution in [3.63, 3.8) is 0 Å². The van der Waals surface area contributed by atoms with Crippen molar-refractivity contribution in [3.05, 3.63) is 12.2 Å². The van der Waals surface area contributed by atoms with Crippen LogP contribution in [0.4, 0.5) is 0 Å². The van der Waals surface area contributed by atoms with Crippen molar-refractivity contribution in [3.8, 4) is 0 Å². The second-order valence-electron chi connectivity index (χ2n) is 6.12. The highest BCUT2D eigenvalue weighted by atomic mass is 16.1. The van der Waals surface area contributed by atoms with Crippen LogP contribution in [0, 0.1) is 47.3 Å². The summed E-state index contributed by atoms with van der Waals surface area (Å²) >= 11 is 0.